The van der Waals surface area contributed by atoms with E-state index < -0.39 is 4.92 Å². The van der Waals surface area contributed by atoms with Crippen LogP contribution in [0.5, 0.6) is 0 Å². The molecule has 2 N–H and O–H groups in total. The van der Waals surface area contributed by atoms with Crippen molar-refractivity contribution in [2.24, 2.45) is 0 Å². The summed E-state index contributed by atoms with van der Waals surface area (Å²) in [6.45, 7) is 0. The number of benzene rings is 1. The van der Waals surface area contributed by atoms with E-state index in [1.165, 1.54) is 23.9 Å². The lowest BCUT2D eigenvalue weighted by Gasteiger charge is -2.00. The third kappa shape index (κ3) is 2.53. The van der Waals surface area contributed by atoms with Crippen molar-refractivity contribution in [3.63, 3.8) is 0 Å². The maximum absolute atomic E-state index is 10.7. The first-order valence-corrected chi connectivity index (χ1v) is 6.11. The molecule has 0 aliphatic carbocycles. The summed E-state index contributed by atoms with van der Waals surface area (Å²) in [5.41, 5.74) is 6.05. The van der Waals surface area contributed by atoms with Crippen LogP contribution < -0.4 is 5.73 Å². The van der Waals surface area contributed by atoms with Crippen LogP contribution in [0.25, 0.3) is 0 Å². The van der Waals surface area contributed by atoms with Crippen LogP contribution in [0.15, 0.2) is 44.8 Å². The van der Waals surface area contributed by atoms with Crippen molar-refractivity contribution in [1.82, 2.24) is 0 Å². The summed E-state index contributed by atoms with van der Waals surface area (Å²) in [4.78, 5) is 11.0. The molecule has 0 aliphatic heterocycles. The SMILES string of the molecule is Nc1cc(Sc2cccs2)cc([N+](=O)[O-])c1. The van der Waals surface area contributed by atoms with Crippen molar-refractivity contribution in [3.8, 4) is 0 Å². The average molecular weight is 252 g/mol. The van der Waals surface area contributed by atoms with Gasteiger partial charge in [0.15, 0.2) is 0 Å². The molecule has 0 aliphatic rings. The number of nitro benzene ring substituents is 1. The predicted molar refractivity (Wildman–Crippen MR) is 66.0 cm³/mol. The number of nitrogens with two attached hydrogens (primary N) is 1. The third-order valence-corrected chi connectivity index (χ3v) is 3.85. The van der Waals surface area contributed by atoms with Gasteiger partial charge in [0.2, 0.25) is 0 Å². The van der Waals surface area contributed by atoms with Crippen molar-refractivity contribution in [2.45, 2.75) is 9.10 Å². The molecule has 0 radical (unpaired) electrons. The zero-order valence-corrected chi connectivity index (χ0v) is 9.75. The molecule has 2 rings (SSSR count). The molecule has 82 valence electrons. The van der Waals surface area contributed by atoms with E-state index >= 15 is 0 Å². The van der Waals surface area contributed by atoms with Crippen LogP contribution in [0, 0.1) is 10.1 Å². The fraction of sp³-hybridized carbons (Fsp3) is 0. The predicted octanol–water partition coefficient (Wildman–Crippen LogP) is 3.39. The second-order valence-corrected chi connectivity index (χ2v) is 5.37. The number of thiophene rings is 1. The minimum Gasteiger partial charge on any atom is -0.398 e. The Bertz CT molecular complexity index is 512. The van der Waals surface area contributed by atoms with Crippen molar-refractivity contribution < 1.29 is 4.92 Å². The van der Waals surface area contributed by atoms with Gasteiger partial charge in [-0.3, -0.25) is 10.1 Å². The highest BCUT2D eigenvalue weighted by molar-refractivity contribution is 8.01. The van der Waals surface area contributed by atoms with Gasteiger partial charge in [0, 0.05) is 22.7 Å². The minimum atomic E-state index is -0.436. The van der Waals surface area contributed by atoms with E-state index in [4.69, 9.17) is 5.73 Å². The van der Waals surface area contributed by atoms with Crippen LogP contribution in [-0.4, -0.2) is 4.92 Å². The lowest BCUT2D eigenvalue weighted by molar-refractivity contribution is -0.385. The first-order chi connectivity index (χ1) is 7.65. The second kappa shape index (κ2) is 4.54. The van der Waals surface area contributed by atoms with E-state index in [0.29, 0.717) is 5.69 Å². The van der Waals surface area contributed by atoms with Gasteiger partial charge in [0.1, 0.15) is 0 Å². The molecule has 4 nitrogen and oxygen atoms in total. The number of anilines is 1. The molecule has 2 aromatic rings. The topological polar surface area (TPSA) is 69.2 Å². The number of hydrogen-bond acceptors (Lipinski definition) is 5. The maximum Gasteiger partial charge on any atom is 0.272 e. The van der Waals surface area contributed by atoms with Gasteiger partial charge >= 0.3 is 0 Å². The number of nitrogen functional groups attached to an aromatic ring is 1. The zero-order chi connectivity index (χ0) is 11.5. The largest absolute Gasteiger partial charge is 0.398 e. The third-order valence-electron chi connectivity index (χ3n) is 1.84. The van der Waals surface area contributed by atoms with Gasteiger partial charge in [-0.2, -0.15) is 0 Å². The molecular formula is C10H8N2O2S2. The number of nitrogens with zero attached hydrogens (tertiary/aromatic N) is 1. The highest BCUT2D eigenvalue weighted by Crippen LogP contribution is 2.34. The molecule has 0 fully saturated rings. The number of non-ortho nitro benzene ring substituents is 1. The molecule has 1 heterocycles. The van der Waals surface area contributed by atoms with Crippen LogP contribution in [0.4, 0.5) is 11.4 Å². The molecule has 0 atom stereocenters. The van der Waals surface area contributed by atoms with E-state index in [2.05, 4.69) is 0 Å². The number of rotatable bonds is 3. The summed E-state index contributed by atoms with van der Waals surface area (Å²) < 4.78 is 1.08. The summed E-state index contributed by atoms with van der Waals surface area (Å²) in [7, 11) is 0. The molecule has 0 spiro atoms. The van der Waals surface area contributed by atoms with Crippen LogP contribution in [0.1, 0.15) is 0 Å². The van der Waals surface area contributed by atoms with E-state index in [0.717, 1.165) is 9.10 Å². The summed E-state index contributed by atoms with van der Waals surface area (Å²) >= 11 is 3.06. The second-order valence-electron chi connectivity index (χ2n) is 3.05. The quantitative estimate of drug-likeness (QED) is 0.516. The van der Waals surface area contributed by atoms with Crippen molar-refractivity contribution >= 4 is 34.5 Å². The number of nitro groups is 1. The summed E-state index contributed by atoms with van der Waals surface area (Å²) in [6.07, 6.45) is 0. The van der Waals surface area contributed by atoms with Gasteiger partial charge < -0.3 is 5.73 Å². The van der Waals surface area contributed by atoms with Crippen LogP contribution >= 0.6 is 23.1 Å². The molecule has 0 saturated carbocycles. The molecule has 0 bridgehead atoms. The molecule has 0 unspecified atom stereocenters. The van der Waals surface area contributed by atoms with Gasteiger partial charge in [-0.25, -0.2) is 0 Å². The van der Waals surface area contributed by atoms with E-state index in [-0.39, 0.29) is 5.69 Å². The van der Waals surface area contributed by atoms with Crippen LogP contribution in [0.2, 0.25) is 0 Å². The Morgan fingerprint density at radius 2 is 2.19 bits per heavy atom. The Hall–Kier alpha value is -1.53. The highest BCUT2D eigenvalue weighted by Gasteiger charge is 2.09. The van der Waals surface area contributed by atoms with Gasteiger partial charge in [-0.1, -0.05) is 17.8 Å². The van der Waals surface area contributed by atoms with E-state index in [9.17, 15) is 10.1 Å². The molecule has 1 aromatic heterocycles. The Balaban J connectivity index is 2.31. The first-order valence-electron chi connectivity index (χ1n) is 4.41. The smallest absolute Gasteiger partial charge is 0.272 e. The summed E-state index contributed by atoms with van der Waals surface area (Å²) in [5, 5.41) is 12.6. The fourth-order valence-electron chi connectivity index (χ4n) is 1.21. The number of hydrogen-bond donors (Lipinski definition) is 1. The zero-order valence-electron chi connectivity index (χ0n) is 8.12. The minimum absolute atomic E-state index is 0.0269. The lowest BCUT2D eigenvalue weighted by Crippen LogP contribution is -1.91. The lowest BCUT2D eigenvalue weighted by atomic mass is 10.3. The summed E-state index contributed by atoms with van der Waals surface area (Å²) in [5.74, 6) is 0. The van der Waals surface area contributed by atoms with E-state index in [1.807, 2.05) is 17.5 Å². The van der Waals surface area contributed by atoms with Gasteiger partial charge in [0.25, 0.3) is 5.69 Å². The van der Waals surface area contributed by atoms with Gasteiger partial charge in [0.05, 0.1) is 9.13 Å². The molecule has 0 amide bonds. The standard InChI is InChI=1S/C10H8N2O2S2/c11-7-4-8(12(13)14)6-9(5-7)16-10-2-1-3-15-10/h1-6H,11H2. The van der Waals surface area contributed by atoms with Crippen molar-refractivity contribution in [2.75, 3.05) is 5.73 Å². The fourth-order valence-corrected chi connectivity index (χ4v) is 3.06. The van der Waals surface area contributed by atoms with E-state index in [1.54, 1.807) is 17.4 Å². The molecule has 16 heavy (non-hydrogen) atoms. The Labute approximate surface area is 100 Å². The van der Waals surface area contributed by atoms with Crippen molar-refractivity contribution in [3.05, 3.63) is 45.8 Å². The first kappa shape index (κ1) is 11.0. The monoisotopic (exact) mass is 252 g/mol. The van der Waals surface area contributed by atoms with Gasteiger partial charge in [-0.05, 0) is 17.5 Å². The van der Waals surface area contributed by atoms with Gasteiger partial charge in [-0.15, -0.1) is 11.3 Å². The highest BCUT2D eigenvalue weighted by atomic mass is 32.2. The Morgan fingerprint density at radius 1 is 1.38 bits per heavy atom. The molecular weight excluding hydrogens is 244 g/mol. The van der Waals surface area contributed by atoms with Crippen molar-refractivity contribution in [1.29, 1.82) is 0 Å². The normalized spacial score (nSPS) is 10.2. The molecule has 0 saturated heterocycles. The average Bonchev–Trinajstić information content (AvgIpc) is 2.69. The maximum atomic E-state index is 10.7. The van der Waals surface area contributed by atoms with Crippen LogP contribution in [0.3, 0.4) is 0 Å². The molecule has 6 heteroatoms. The Kier molecular flexibility index (Phi) is 3.12. The Morgan fingerprint density at radius 3 is 2.81 bits per heavy atom. The summed E-state index contributed by atoms with van der Waals surface area (Å²) in [6, 6.07) is 8.52. The van der Waals surface area contributed by atoms with Crippen LogP contribution in [-0.2, 0) is 0 Å². The molecule has 1 aromatic carbocycles.